The molecule has 4 nitrogen and oxygen atoms in total. The van der Waals surface area contributed by atoms with E-state index in [1.807, 2.05) is 36.4 Å². The summed E-state index contributed by atoms with van der Waals surface area (Å²) in [4.78, 5) is 0. The van der Waals surface area contributed by atoms with Crippen LogP contribution in [0.2, 0.25) is 5.02 Å². The van der Waals surface area contributed by atoms with Crippen molar-refractivity contribution in [3.05, 3.63) is 52.7 Å². The molecule has 5 heteroatoms. The number of aromatic nitrogens is 2. The number of hydrogen-bond acceptors (Lipinski definition) is 4. The Kier molecular flexibility index (Phi) is 5.15. The van der Waals surface area contributed by atoms with Gasteiger partial charge in [0.15, 0.2) is 0 Å². The molecule has 1 aromatic heterocycles. The van der Waals surface area contributed by atoms with Crippen LogP contribution in [0.25, 0.3) is 0 Å². The van der Waals surface area contributed by atoms with Crippen LogP contribution in [0.15, 0.2) is 36.4 Å². The molecule has 0 spiro atoms. The van der Waals surface area contributed by atoms with E-state index in [0.717, 1.165) is 11.3 Å². The summed E-state index contributed by atoms with van der Waals surface area (Å²) in [5.41, 5.74) is 1.95. The third kappa shape index (κ3) is 5.69. The van der Waals surface area contributed by atoms with Crippen LogP contribution in [0, 0.1) is 0 Å². The minimum absolute atomic E-state index is 0.0590. The Balaban J connectivity index is 1.87. The monoisotopic (exact) mass is 305 g/mol. The molecular formula is C16H20ClN3O. The van der Waals surface area contributed by atoms with Gasteiger partial charge in [-0.05, 0) is 44.5 Å². The van der Waals surface area contributed by atoms with Gasteiger partial charge in [-0.1, -0.05) is 23.7 Å². The summed E-state index contributed by atoms with van der Waals surface area (Å²) in [7, 11) is 0. The molecule has 1 N–H and O–H groups in total. The highest BCUT2D eigenvalue weighted by atomic mass is 35.5. The lowest BCUT2D eigenvalue weighted by molar-refractivity contribution is 0.289. The number of ether oxygens (including phenoxy) is 1. The third-order valence-electron chi connectivity index (χ3n) is 2.77. The standard InChI is InChI=1S/C16H20ClN3O/c1-16(2,3)18-10-14-7-8-15(20-19-14)21-11-12-5-4-6-13(17)9-12/h4-9,18H,10-11H2,1-3H3. The normalized spacial score (nSPS) is 11.4. The smallest absolute Gasteiger partial charge is 0.233 e. The topological polar surface area (TPSA) is 47.0 Å². The number of halogens is 1. The van der Waals surface area contributed by atoms with Gasteiger partial charge in [0, 0.05) is 23.2 Å². The number of nitrogens with zero attached hydrogens (tertiary/aromatic N) is 2. The lowest BCUT2D eigenvalue weighted by Crippen LogP contribution is -2.35. The van der Waals surface area contributed by atoms with Crippen molar-refractivity contribution in [1.29, 1.82) is 0 Å². The van der Waals surface area contributed by atoms with Crippen LogP contribution in [0.1, 0.15) is 32.0 Å². The second-order valence-electron chi connectivity index (χ2n) is 5.89. The van der Waals surface area contributed by atoms with E-state index >= 15 is 0 Å². The molecule has 21 heavy (non-hydrogen) atoms. The maximum atomic E-state index is 5.93. The second kappa shape index (κ2) is 6.87. The Bertz CT molecular complexity index is 579. The first-order chi connectivity index (χ1) is 9.92. The Morgan fingerprint density at radius 2 is 1.95 bits per heavy atom. The molecule has 2 aromatic rings. The van der Waals surface area contributed by atoms with E-state index in [4.69, 9.17) is 16.3 Å². The molecule has 1 aromatic carbocycles. The zero-order valence-electron chi connectivity index (χ0n) is 12.6. The van der Waals surface area contributed by atoms with Gasteiger partial charge in [-0.25, -0.2) is 0 Å². The predicted molar refractivity (Wildman–Crippen MR) is 84.4 cm³/mol. The minimum Gasteiger partial charge on any atom is -0.472 e. The number of hydrogen-bond donors (Lipinski definition) is 1. The number of benzene rings is 1. The molecule has 0 saturated carbocycles. The molecule has 2 rings (SSSR count). The van der Waals surface area contributed by atoms with Crippen molar-refractivity contribution in [2.45, 2.75) is 39.5 Å². The van der Waals surface area contributed by atoms with Gasteiger partial charge >= 0.3 is 0 Å². The first-order valence-corrected chi connectivity index (χ1v) is 7.25. The molecule has 0 bridgehead atoms. The van der Waals surface area contributed by atoms with Crippen molar-refractivity contribution in [3.63, 3.8) is 0 Å². The van der Waals surface area contributed by atoms with Crippen LogP contribution in [0.4, 0.5) is 0 Å². The molecule has 0 unspecified atom stereocenters. The summed E-state index contributed by atoms with van der Waals surface area (Å²) in [6.07, 6.45) is 0. The number of nitrogens with one attached hydrogen (secondary N) is 1. The van der Waals surface area contributed by atoms with Gasteiger partial charge in [0.05, 0.1) is 5.69 Å². The Morgan fingerprint density at radius 1 is 1.14 bits per heavy atom. The van der Waals surface area contributed by atoms with Gasteiger partial charge < -0.3 is 10.1 Å². The van der Waals surface area contributed by atoms with Gasteiger partial charge in [-0.15, -0.1) is 5.10 Å². The van der Waals surface area contributed by atoms with Gasteiger partial charge in [-0.2, -0.15) is 5.10 Å². The minimum atomic E-state index is 0.0590. The Morgan fingerprint density at radius 3 is 2.57 bits per heavy atom. The van der Waals surface area contributed by atoms with Crippen molar-refractivity contribution in [1.82, 2.24) is 15.5 Å². The lowest BCUT2D eigenvalue weighted by atomic mass is 10.1. The predicted octanol–water partition coefficient (Wildman–Crippen LogP) is 3.60. The van der Waals surface area contributed by atoms with E-state index in [9.17, 15) is 0 Å². The summed E-state index contributed by atoms with van der Waals surface area (Å²) < 4.78 is 5.59. The summed E-state index contributed by atoms with van der Waals surface area (Å²) in [6.45, 7) is 7.45. The summed E-state index contributed by atoms with van der Waals surface area (Å²) in [5.74, 6) is 0.509. The molecule has 0 atom stereocenters. The first-order valence-electron chi connectivity index (χ1n) is 6.87. The fourth-order valence-electron chi connectivity index (χ4n) is 1.66. The summed E-state index contributed by atoms with van der Waals surface area (Å²) >= 11 is 5.93. The van der Waals surface area contributed by atoms with E-state index < -0.39 is 0 Å². The van der Waals surface area contributed by atoms with E-state index in [2.05, 4.69) is 36.3 Å². The molecule has 0 fully saturated rings. The van der Waals surface area contributed by atoms with Crippen molar-refractivity contribution in [2.75, 3.05) is 0 Å². The molecule has 0 aliphatic rings. The Labute approximate surface area is 130 Å². The molecule has 112 valence electrons. The maximum absolute atomic E-state index is 5.93. The molecule has 0 aliphatic heterocycles. The largest absolute Gasteiger partial charge is 0.472 e. The maximum Gasteiger partial charge on any atom is 0.233 e. The van der Waals surface area contributed by atoms with Crippen LogP contribution >= 0.6 is 11.6 Å². The van der Waals surface area contributed by atoms with Crippen LogP contribution in [-0.4, -0.2) is 15.7 Å². The van der Waals surface area contributed by atoms with Gasteiger partial charge in [0.1, 0.15) is 6.61 Å². The molecular weight excluding hydrogens is 286 g/mol. The summed E-state index contributed by atoms with van der Waals surface area (Å²) in [5, 5.41) is 12.3. The highest BCUT2D eigenvalue weighted by Gasteiger charge is 2.09. The van der Waals surface area contributed by atoms with Crippen molar-refractivity contribution < 1.29 is 4.74 Å². The fourth-order valence-corrected chi connectivity index (χ4v) is 1.87. The van der Waals surface area contributed by atoms with Crippen molar-refractivity contribution in [3.8, 4) is 5.88 Å². The highest BCUT2D eigenvalue weighted by molar-refractivity contribution is 6.30. The number of rotatable bonds is 5. The Hall–Kier alpha value is -1.65. The van der Waals surface area contributed by atoms with Crippen LogP contribution in [0.3, 0.4) is 0 Å². The zero-order chi connectivity index (χ0) is 15.3. The quantitative estimate of drug-likeness (QED) is 0.917. The zero-order valence-corrected chi connectivity index (χ0v) is 13.3. The van der Waals surface area contributed by atoms with Gasteiger partial charge in [-0.3, -0.25) is 0 Å². The molecule has 0 amide bonds. The van der Waals surface area contributed by atoms with Crippen LogP contribution < -0.4 is 10.1 Å². The third-order valence-corrected chi connectivity index (χ3v) is 3.01. The van der Waals surface area contributed by atoms with E-state index in [0.29, 0.717) is 24.1 Å². The first kappa shape index (κ1) is 15.7. The van der Waals surface area contributed by atoms with Gasteiger partial charge in [0.25, 0.3) is 0 Å². The van der Waals surface area contributed by atoms with Crippen LogP contribution in [0.5, 0.6) is 5.88 Å². The molecule has 0 saturated heterocycles. The molecule has 0 aliphatic carbocycles. The van der Waals surface area contributed by atoms with Gasteiger partial charge in [0.2, 0.25) is 5.88 Å². The molecule has 1 heterocycles. The fraction of sp³-hybridized carbons (Fsp3) is 0.375. The lowest BCUT2D eigenvalue weighted by Gasteiger charge is -2.19. The average molecular weight is 306 g/mol. The SMILES string of the molecule is CC(C)(C)NCc1ccc(OCc2cccc(Cl)c2)nn1. The summed E-state index contributed by atoms with van der Waals surface area (Å²) in [6, 6.07) is 11.3. The van der Waals surface area contributed by atoms with Crippen molar-refractivity contribution in [2.24, 2.45) is 0 Å². The van der Waals surface area contributed by atoms with Crippen molar-refractivity contribution >= 4 is 11.6 Å². The molecule has 0 radical (unpaired) electrons. The van der Waals surface area contributed by atoms with Crippen LogP contribution in [-0.2, 0) is 13.2 Å². The second-order valence-corrected chi connectivity index (χ2v) is 6.32. The van der Waals surface area contributed by atoms with E-state index in [1.165, 1.54) is 0 Å². The van der Waals surface area contributed by atoms with E-state index in [1.54, 1.807) is 0 Å². The highest BCUT2D eigenvalue weighted by Crippen LogP contribution is 2.13. The van der Waals surface area contributed by atoms with E-state index in [-0.39, 0.29) is 5.54 Å². The average Bonchev–Trinajstić information content (AvgIpc) is 2.43.